The van der Waals surface area contributed by atoms with Crippen molar-refractivity contribution >= 4 is 28.2 Å². The summed E-state index contributed by atoms with van der Waals surface area (Å²) >= 11 is 1.44. The van der Waals surface area contributed by atoms with Crippen LogP contribution < -0.4 is 5.32 Å². The number of nitrogens with zero attached hydrogens (tertiary/aromatic N) is 1. The molecule has 2 rings (SSSR count). The van der Waals surface area contributed by atoms with Crippen molar-refractivity contribution < 1.29 is 14.3 Å². The summed E-state index contributed by atoms with van der Waals surface area (Å²) in [6.45, 7) is 6.57. The number of nitrogens with one attached hydrogen (secondary N) is 1. The molecule has 22 heavy (non-hydrogen) atoms. The fraction of sp³-hybridized carbons (Fsp3) is 0.625. The summed E-state index contributed by atoms with van der Waals surface area (Å²) in [6.07, 6.45) is 3.11. The average molecular weight is 324 g/mol. The number of rotatable bonds is 5. The van der Waals surface area contributed by atoms with E-state index in [0.29, 0.717) is 17.1 Å². The minimum atomic E-state index is -0.405. The molecule has 1 aliphatic heterocycles. The highest BCUT2D eigenvalue weighted by atomic mass is 32.1. The molecular formula is C16H24N2O3S. The molecule has 1 aliphatic rings. The molecule has 0 unspecified atom stereocenters. The molecule has 1 aromatic rings. The van der Waals surface area contributed by atoms with Gasteiger partial charge in [0.05, 0.1) is 19.2 Å². The molecule has 1 fully saturated rings. The molecule has 1 saturated heterocycles. The van der Waals surface area contributed by atoms with Gasteiger partial charge in [-0.05, 0) is 44.3 Å². The maximum absolute atomic E-state index is 12.2. The van der Waals surface area contributed by atoms with Crippen LogP contribution in [0.15, 0.2) is 6.07 Å². The highest BCUT2D eigenvalue weighted by molar-refractivity contribution is 7.16. The van der Waals surface area contributed by atoms with Crippen LogP contribution in [0.5, 0.6) is 0 Å². The number of methoxy groups -OCH3 is 1. The highest BCUT2D eigenvalue weighted by Crippen LogP contribution is 2.29. The molecule has 0 bridgehead atoms. The van der Waals surface area contributed by atoms with E-state index in [-0.39, 0.29) is 5.91 Å². The van der Waals surface area contributed by atoms with Crippen molar-refractivity contribution in [2.45, 2.75) is 33.1 Å². The number of carbonyl (C=O) groups excluding carboxylic acids is 2. The molecule has 5 nitrogen and oxygen atoms in total. The molecule has 6 heteroatoms. The predicted octanol–water partition coefficient (Wildman–Crippen LogP) is 2.77. The van der Waals surface area contributed by atoms with Crippen molar-refractivity contribution in [3.05, 3.63) is 16.5 Å². The summed E-state index contributed by atoms with van der Waals surface area (Å²) < 4.78 is 4.78. The summed E-state index contributed by atoms with van der Waals surface area (Å²) in [5, 5.41) is 3.47. The number of likely N-dealkylation sites (tertiary alicyclic amines) is 1. The zero-order valence-electron chi connectivity index (χ0n) is 13.5. The number of hydrogen-bond donors (Lipinski definition) is 1. The third-order valence-corrected chi connectivity index (χ3v) is 5.23. The van der Waals surface area contributed by atoms with Crippen molar-refractivity contribution in [2.75, 3.05) is 32.1 Å². The average Bonchev–Trinajstić information content (AvgIpc) is 2.91. The second kappa shape index (κ2) is 7.74. The Bertz CT molecular complexity index is 533. The summed E-state index contributed by atoms with van der Waals surface area (Å²) in [5.41, 5.74) is 0.449. The predicted molar refractivity (Wildman–Crippen MR) is 88.5 cm³/mol. The normalized spacial score (nSPS) is 16.5. The lowest BCUT2D eigenvalue weighted by Gasteiger charge is -2.29. The standard InChI is InChI=1S/C16H24N2O3S/c1-4-12-9-13(16(20)21-3)15(22-12)17-14(19)10-18-7-5-11(2)6-8-18/h9,11H,4-8,10H2,1-3H3,(H,17,19). The third-order valence-electron chi connectivity index (χ3n) is 4.03. The van der Waals surface area contributed by atoms with Gasteiger partial charge in [0.15, 0.2) is 0 Å². The van der Waals surface area contributed by atoms with E-state index < -0.39 is 5.97 Å². The van der Waals surface area contributed by atoms with Crippen LogP contribution in [0.2, 0.25) is 0 Å². The summed E-state index contributed by atoms with van der Waals surface area (Å²) in [5.74, 6) is 0.275. The topological polar surface area (TPSA) is 58.6 Å². The van der Waals surface area contributed by atoms with Gasteiger partial charge in [-0.3, -0.25) is 9.69 Å². The van der Waals surface area contributed by atoms with Gasteiger partial charge in [-0.2, -0.15) is 0 Å². The van der Waals surface area contributed by atoms with Crippen molar-refractivity contribution in [3.63, 3.8) is 0 Å². The van der Waals surface area contributed by atoms with E-state index >= 15 is 0 Å². The first-order valence-electron chi connectivity index (χ1n) is 7.76. The number of amides is 1. The Balaban J connectivity index is 1.98. The maximum Gasteiger partial charge on any atom is 0.340 e. The van der Waals surface area contributed by atoms with Gasteiger partial charge in [0.1, 0.15) is 5.00 Å². The molecule has 0 aliphatic carbocycles. The SMILES string of the molecule is CCc1cc(C(=O)OC)c(NC(=O)CN2CCC(C)CC2)s1. The molecule has 0 aromatic carbocycles. The van der Waals surface area contributed by atoms with E-state index in [1.807, 2.05) is 6.92 Å². The second-order valence-corrected chi connectivity index (χ2v) is 6.94. The van der Waals surface area contributed by atoms with Crippen LogP contribution in [0.1, 0.15) is 41.9 Å². The summed E-state index contributed by atoms with van der Waals surface area (Å²) in [7, 11) is 1.35. The fourth-order valence-corrected chi connectivity index (χ4v) is 3.56. The van der Waals surface area contributed by atoms with Gasteiger partial charge in [-0.1, -0.05) is 13.8 Å². The number of aryl methyl sites for hydroxylation is 1. The number of thiophene rings is 1. The van der Waals surface area contributed by atoms with Crippen LogP contribution in [-0.2, 0) is 16.0 Å². The summed E-state index contributed by atoms with van der Waals surface area (Å²) in [4.78, 5) is 27.2. The van der Waals surface area contributed by atoms with Crippen LogP contribution in [0.4, 0.5) is 5.00 Å². The Labute approximate surface area is 135 Å². The maximum atomic E-state index is 12.2. The van der Waals surface area contributed by atoms with Gasteiger partial charge in [0.25, 0.3) is 0 Å². The molecule has 0 radical (unpaired) electrons. The van der Waals surface area contributed by atoms with Crippen molar-refractivity contribution in [1.82, 2.24) is 4.90 Å². The van der Waals surface area contributed by atoms with E-state index in [0.717, 1.165) is 43.1 Å². The minimum absolute atomic E-state index is 0.0655. The van der Waals surface area contributed by atoms with E-state index in [1.165, 1.54) is 18.4 Å². The van der Waals surface area contributed by atoms with Gasteiger partial charge in [0.2, 0.25) is 5.91 Å². The first-order valence-corrected chi connectivity index (χ1v) is 8.58. The molecule has 122 valence electrons. The van der Waals surface area contributed by atoms with E-state index in [9.17, 15) is 9.59 Å². The van der Waals surface area contributed by atoms with Gasteiger partial charge in [-0.15, -0.1) is 11.3 Å². The second-order valence-electron chi connectivity index (χ2n) is 5.81. The smallest absolute Gasteiger partial charge is 0.340 e. The van der Waals surface area contributed by atoms with Crippen molar-refractivity contribution in [1.29, 1.82) is 0 Å². The monoisotopic (exact) mass is 324 g/mol. The van der Waals surface area contributed by atoms with E-state index in [1.54, 1.807) is 6.07 Å². The molecule has 0 atom stereocenters. The highest BCUT2D eigenvalue weighted by Gasteiger charge is 2.21. The van der Waals surface area contributed by atoms with E-state index in [4.69, 9.17) is 4.74 Å². The van der Waals surface area contributed by atoms with Crippen LogP contribution in [0, 0.1) is 5.92 Å². The van der Waals surface area contributed by atoms with Crippen LogP contribution in [0.3, 0.4) is 0 Å². The lowest BCUT2D eigenvalue weighted by atomic mass is 9.99. The van der Waals surface area contributed by atoms with Crippen LogP contribution in [-0.4, -0.2) is 43.5 Å². The lowest BCUT2D eigenvalue weighted by Crippen LogP contribution is -2.38. The molecule has 1 N–H and O–H groups in total. The van der Waals surface area contributed by atoms with Gasteiger partial charge < -0.3 is 10.1 Å². The number of esters is 1. The number of carbonyl (C=O) groups is 2. The van der Waals surface area contributed by atoms with Crippen molar-refractivity contribution in [2.24, 2.45) is 5.92 Å². The lowest BCUT2D eigenvalue weighted by molar-refractivity contribution is -0.117. The zero-order chi connectivity index (χ0) is 16.1. The molecular weight excluding hydrogens is 300 g/mol. The molecule has 1 aromatic heterocycles. The number of hydrogen-bond acceptors (Lipinski definition) is 5. The number of piperidine rings is 1. The molecule has 0 saturated carbocycles. The number of anilines is 1. The Morgan fingerprint density at radius 1 is 1.41 bits per heavy atom. The van der Waals surface area contributed by atoms with Crippen LogP contribution >= 0.6 is 11.3 Å². The van der Waals surface area contributed by atoms with Gasteiger partial charge in [-0.25, -0.2) is 4.79 Å². The largest absolute Gasteiger partial charge is 0.465 e. The van der Waals surface area contributed by atoms with Gasteiger partial charge >= 0.3 is 5.97 Å². The Kier molecular flexibility index (Phi) is 5.97. The Hall–Kier alpha value is -1.40. The van der Waals surface area contributed by atoms with Crippen molar-refractivity contribution in [3.8, 4) is 0 Å². The quantitative estimate of drug-likeness (QED) is 0.846. The van der Waals surface area contributed by atoms with E-state index in [2.05, 4.69) is 17.1 Å². The minimum Gasteiger partial charge on any atom is -0.465 e. The molecule has 2 heterocycles. The molecule has 0 spiro atoms. The fourth-order valence-electron chi connectivity index (χ4n) is 2.56. The zero-order valence-corrected chi connectivity index (χ0v) is 14.3. The van der Waals surface area contributed by atoms with Crippen LogP contribution in [0.25, 0.3) is 0 Å². The first-order chi connectivity index (χ1) is 10.5. The van der Waals surface area contributed by atoms with Gasteiger partial charge in [0, 0.05) is 4.88 Å². The number of ether oxygens (including phenoxy) is 1. The summed E-state index contributed by atoms with van der Waals surface area (Å²) in [6, 6.07) is 1.80. The Morgan fingerprint density at radius 2 is 2.09 bits per heavy atom. The third kappa shape index (κ3) is 4.30. The Morgan fingerprint density at radius 3 is 2.68 bits per heavy atom. The first kappa shape index (κ1) is 17.0. The molecule has 1 amide bonds.